The highest BCUT2D eigenvalue weighted by molar-refractivity contribution is 6.00. The van der Waals surface area contributed by atoms with E-state index < -0.39 is 0 Å². The summed E-state index contributed by atoms with van der Waals surface area (Å²) < 4.78 is 0. The topological polar surface area (TPSA) is 15.6 Å². The van der Waals surface area contributed by atoms with Crippen LogP contribution in [0.25, 0.3) is 0 Å². The fraction of sp³-hybridized carbons (Fsp3) is 0.0714. The van der Waals surface area contributed by atoms with Gasteiger partial charge in [0.25, 0.3) is 0 Å². The van der Waals surface area contributed by atoms with Crippen LogP contribution in [0.4, 0.5) is 0 Å². The predicted molar refractivity (Wildman–Crippen MR) is 68.2 cm³/mol. The van der Waals surface area contributed by atoms with Crippen LogP contribution in [0.1, 0.15) is 5.56 Å². The van der Waals surface area contributed by atoms with Gasteiger partial charge in [-0.2, -0.15) is 0 Å². The zero-order chi connectivity index (χ0) is 11.4. The van der Waals surface area contributed by atoms with E-state index in [0.717, 1.165) is 17.1 Å². The maximum Gasteiger partial charge on any atom is 0.140 e. The molecule has 0 fully saturated rings. The van der Waals surface area contributed by atoms with E-state index in [1.54, 1.807) is 0 Å². The molecule has 2 rings (SSSR count). The van der Waals surface area contributed by atoms with Crippen molar-refractivity contribution in [1.29, 1.82) is 0 Å². The Morgan fingerprint density at radius 2 is 1.88 bits per heavy atom. The van der Waals surface area contributed by atoms with E-state index in [9.17, 15) is 0 Å². The van der Waals surface area contributed by atoms with E-state index in [1.165, 1.54) is 0 Å². The fourth-order valence-corrected chi connectivity index (χ4v) is 1.52. The average Bonchev–Trinajstić information content (AvgIpc) is 2.30. The molecule has 0 saturated carbocycles. The molecule has 1 aliphatic rings. The summed E-state index contributed by atoms with van der Waals surface area (Å²) in [5.74, 6) is 0.909. The first kappa shape index (κ1) is 10.4. The largest absolute Gasteiger partial charge is 0.336 e. The van der Waals surface area contributed by atoms with Crippen molar-refractivity contribution in [2.75, 3.05) is 7.05 Å². The van der Waals surface area contributed by atoms with Crippen molar-refractivity contribution in [3.8, 4) is 0 Å². The van der Waals surface area contributed by atoms with Crippen LogP contribution >= 0.6 is 0 Å². The summed E-state index contributed by atoms with van der Waals surface area (Å²) in [4.78, 5) is 6.49. The summed E-state index contributed by atoms with van der Waals surface area (Å²) in [5, 5.41) is 0. The van der Waals surface area contributed by atoms with Crippen molar-refractivity contribution in [1.82, 2.24) is 4.90 Å². The lowest BCUT2D eigenvalue weighted by Crippen LogP contribution is -2.22. The van der Waals surface area contributed by atoms with Crippen molar-refractivity contribution in [3.05, 3.63) is 72.6 Å². The van der Waals surface area contributed by atoms with Crippen molar-refractivity contribution < 1.29 is 0 Å². The zero-order valence-electron chi connectivity index (χ0n) is 9.30. The molecule has 0 aromatic heterocycles. The molecule has 0 aliphatic carbocycles. The van der Waals surface area contributed by atoms with Crippen LogP contribution in [-0.2, 0) is 0 Å². The number of aliphatic imine (C=N–C) groups is 1. The molecular formula is C14H14N2. The highest BCUT2D eigenvalue weighted by Gasteiger charge is 2.07. The molecule has 1 aromatic carbocycles. The summed E-state index contributed by atoms with van der Waals surface area (Å²) >= 11 is 0. The van der Waals surface area contributed by atoms with Gasteiger partial charge in [-0.3, -0.25) is 0 Å². The van der Waals surface area contributed by atoms with Crippen LogP contribution in [0.15, 0.2) is 72.0 Å². The Kier molecular flexibility index (Phi) is 3.01. The van der Waals surface area contributed by atoms with Gasteiger partial charge in [0.15, 0.2) is 0 Å². The molecule has 2 heteroatoms. The minimum atomic E-state index is 0.759. The Morgan fingerprint density at radius 3 is 2.62 bits per heavy atom. The first-order valence-electron chi connectivity index (χ1n) is 5.18. The molecule has 0 atom stereocenters. The smallest absolute Gasteiger partial charge is 0.140 e. The molecule has 0 N–H and O–H groups in total. The zero-order valence-corrected chi connectivity index (χ0v) is 9.30. The number of allylic oxidation sites excluding steroid dienone is 3. The van der Waals surface area contributed by atoms with Gasteiger partial charge in [0.05, 0.1) is 5.70 Å². The Bertz CT molecular complexity index is 467. The normalized spacial score (nSPS) is 20.9. The second-order valence-electron chi connectivity index (χ2n) is 3.60. The molecule has 1 heterocycles. The third-order valence-corrected chi connectivity index (χ3v) is 2.32. The van der Waals surface area contributed by atoms with E-state index in [1.807, 2.05) is 66.7 Å². The molecule has 1 aromatic rings. The van der Waals surface area contributed by atoms with Crippen LogP contribution < -0.4 is 0 Å². The molecule has 1 aliphatic heterocycles. The van der Waals surface area contributed by atoms with Crippen LogP contribution in [0.2, 0.25) is 0 Å². The van der Waals surface area contributed by atoms with Gasteiger partial charge in [-0.1, -0.05) is 43.0 Å². The fourth-order valence-electron chi connectivity index (χ4n) is 1.52. The quantitative estimate of drug-likeness (QED) is 0.695. The first-order valence-corrected chi connectivity index (χ1v) is 5.18. The van der Waals surface area contributed by atoms with Crippen LogP contribution in [-0.4, -0.2) is 17.8 Å². The number of rotatable bonds is 1. The van der Waals surface area contributed by atoms with Crippen molar-refractivity contribution in [2.45, 2.75) is 0 Å². The van der Waals surface area contributed by atoms with E-state index in [0.29, 0.717) is 0 Å². The number of nitrogens with zero attached hydrogens (tertiary/aromatic N) is 2. The molecule has 0 spiro atoms. The monoisotopic (exact) mass is 210 g/mol. The summed E-state index contributed by atoms with van der Waals surface area (Å²) in [7, 11) is 1.98. The highest BCUT2D eigenvalue weighted by atomic mass is 15.1. The first-order chi connectivity index (χ1) is 7.77. The lowest BCUT2D eigenvalue weighted by atomic mass is 10.2. The third kappa shape index (κ3) is 2.28. The molecule has 2 nitrogen and oxygen atoms in total. The van der Waals surface area contributed by atoms with Gasteiger partial charge >= 0.3 is 0 Å². The lowest BCUT2D eigenvalue weighted by molar-refractivity contribution is 0.687. The molecule has 16 heavy (non-hydrogen) atoms. The van der Waals surface area contributed by atoms with E-state index in [2.05, 4.69) is 11.6 Å². The molecule has 0 radical (unpaired) electrons. The summed E-state index contributed by atoms with van der Waals surface area (Å²) in [6.07, 6.45) is 7.79. The van der Waals surface area contributed by atoms with Crippen LogP contribution in [0, 0.1) is 0 Å². The number of amidine groups is 1. The van der Waals surface area contributed by atoms with Gasteiger partial charge in [-0.25, -0.2) is 4.99 Å². The molecule has 0 bridgehead atoms. The van der Waals surface area contributed by atoms with Crippen LogP contribution in [0.3, 0.4) is 0 Å². The maximum absolute atomic E-state index is 4.50. The molecule has 0 amide bonds. The van der Waals surface area contributed by atoms with Gasteiger partial charge in [0.2, 0.25) is 0 Å². The van der Waals surface area contributed by atoms with Gasteiger partial charge in [-0.05, 0) is 12.2 Å². The Hall–Kier alpha value is -2.09. The molecule has 0 saturated heterocycles. The van der Waals surface area contributed by atoms with Crippen molar-refractivity contribution >= 4 is 5.84 Å². The SMILES string of the molecule is C=C1/C=C\C=CN(C)/C(c2ccccc2)=N\1. The molecular weight excluding hydrogens is 196 g/mol. The Balaban J connectivity index is 2.45. The van der Waals surface area contributed by atoms with Gasteiger partial charge in [-0.15, -0.1) is 0 Å². The van der Waals surface area contributed by atoms with Gasteiger partial charge in [0.1, 0.15) is 5.84 Å². The third-order valence-electron chi connectivity index (χ3n) is 2.32. The Labute approximate surface area is 95.9 Å². The molecule has 80 valence electrons. The lowest BCUT2D eigenvalue weighted by Gasteiger charge is -2.18. The number of benzene rings is 1. The van der Waals surface area contributed by atoms with E-state index >= 15 is 0 Å². The van der Waals surface area contributed by atoms with Crippen molar-refractivity contribution in [2.24, 2.45) is 4.99 Å². The predicted octanol–water partition coefficient (Wildman–Crippen LogP) is 2.96. The minimum absolute atomic E-state index is 0.759. The number of hydrogen-bond acceptors (Lipinski definition) is 2. The Morgan fingerprint density at radius 1 is 1.12 bits per heavy atom. The van der Waals surface area contributed by atoms with Gasteiger partial charge < -0.3 is 4.90 Å². The minimum Gasteiger partial charge on any atom is -0.336 e. The van der Waals surface area contributed by atoms with E-state index in [-0.39, 0.29) is 0 Å². The second-order valence-corrected chi connectivity index (χ2v) is 3.60. The highest BCUT2D eigenvalue weighted by Crippen LogP contribution is 2.10. The second kappa shape index (κ2) is 4.62. The summed E-state index contributed by atoms with van der Waals surface area (Å²) in [6.45, 7) is 3.89. The van der Waals surface area contributed by atoms with E-state index in [4.69, 9.17) is 0 Å². The summed E-state index contributed by atoms with van der Waals surface area (Å²) in [6, 6.07) is 10.1. The molecule has 0 unspecified atom stereocenters. The number of hydrogen-bond donors (Lipinski definition) is 0. The van der Waals surface area contributed by atoms with Crippen molar-refractivity contribution in [3.63, 3.8) is 0 Å². The van der Waals surface area contributed by atoms with Crippen LogP contribution in [0.5, 0.6) is 0 Å². The standard InChI is InChI=1S/C14H14N2/c1-12-8-6-7-11-16(2)14(15-12)13-9-4-3-5-10-13/h3-11H,1H2,2H3/b8-6-,11-7?,15-14-. The summed E-state index contributed by atoms with van der Waals surface area (Å²) in [5.41, 5.74) is 1.85. The average molecular weight is 210 g/mol. The van der Waals surface area contributed by atoms with Gasteiger partial charge in [0, 0.05) is 18.8 Å². The maximum atomic E-state index is 4.50.